The van der Waals surface area contributed by atoms with Gasteiger partial charge in [-0.15, -0.1) is 0 Å². The molecule has 0 radical (unpaired) electrons. The molecular formula is C10H9F2NO2. The second-order valence-electron chi connectivity index (χ2n) is 3.78. The van der Waals surface area contributed by atoms with Crippen molar-refractivity contribution in [2.45, 2.75) is 25.2 Å². The molecule has 1 aromatic rings. The Labute approximate surface area is 84.9 Å². The Morgan fingerprint density at radius 2 is 2.13 bits per heavy atom. The summed E-state index contributed by atoms with van der Waals surface area (Å²) in [4.78, 5) is 10.1. The molecule has 3 nitrogen and oxygen atoms in total. The Hall–Kier alpha value is -1.52. The molecule has 1 unspecified atom stereocenters. The average Bonchev–Trinajstić information content (AvgIpc) is 2.74. The van der Waals surface area contributed by atoms with E-state index in [0.29, 0.717) is 5.56 Å². The standard InChI is InChI=1S/C10H9F2NO2/c1-6-3-2-4-8(13(14)15)9(6)7-5-10(7,11)12/h2-4,7H,5H2,1H3. The molecule has 0 saturated heterocycles. The van der Waals surface area contributed by atoms with Gasteiger partial charge in [0.15, 0.2) is 0 Å². The second kappa shape index (κ2) is 2.98. The summed E-state index contributed by atoms with van der Waals surface area (Å²) in [6, 6.07) is 4.41. The highest BCUT2D eigenvalue weighted by Gasteiger charge is 2.59. The lowest BCUT2D eigenvalue weighted by atomic mass is 10.0. The summed E-state index contributed by atoms with van der Waals surface area (Å²) in [5.41, 5.74) is 0.552. The number of nitro groups is 1. The first-order valence-electron chi connectivity index (χ1n) is 4.55. The monoisotopic (exact) mass is 213 g/mol. The fraction of sp³-hybridized carbons (Fsp3) is 0.400. The van der Waals surface area contributed by atoms with Gasteiger partial charge in [-0.1, -0.05) is 12.1 Å². The molecule has 1 saturated carbocycles. The summed E-state index contributed by atoms with van der Waals surface area (Å²) < 4.78 is 25.8. The van der Waals surface area contributed by atoms with Crippen LogP contribution in [0.4, 0.5) is 14.5 Å². The summed E-state index contributed by atoms with van der Waals surface area (Å²) in [5, 5.41) is 10.7. The van der Waals surface area contributed by atoms with Gasteiger partial charge < -0.3 is 0 Å². The highest BCUT2D eigenvalue weighted by atomic mass is 19.3. The molecule has 1 aliphatic rings. The van der Waals surface area contributed by atoms with E-state index in [2.05, 4.69) is 0 Å². The molecule has 1 aromatic carbocycles. The molecule has 1 fully saturated rings. The van der Waals surface area contributed by atoms with Crippen molar-refractivity contribution >= 4 is 5.69 Å². The number of hydrogen-bond donors (Lipinski definition) is 0. The van der Waals surface area contributed by atoms with Crippen molar-refractivity contribution in [3.05, 3.63) is 39.4 Å². The molecule has 0 aliphatic heterocycles. The molecule has 1 aliphatic carbocycles. The van der Waals surface area contributed by atoms with Crippen LogP contribution in [0.25, 0.3) is 0 Å². The zero-order chi connectivity index (χ0) is 11.2. The van der Waals surface area contributed by atoms with Crippen molar-refractivity contribution in [3.8, 4) is 0 Å². The second-order valence-corrected chi connectivity index (χ2v) is 3.78. The van der Waals surface area contributed by atoms with Gasteiger partial charge in [0.25, 0.3) is 11.6 Å². The van der Waals surface area contributed by atoms with Crippen LogP contribution < -0.4 is 0 Å². The fourth-order valence-electron chi connectivity index (χ4n) is 1.80. The first-order chi connectivity index (χ1) is 6.93. The lowest BCUT2D eigenvalue weighted by molar-refractivity contribution is -0.385. The predicted octanol–water partition coefficient (Wildman–Crippen LogP) is 3.03. The van der Waals surface area contributed by atoms with Gasteiger partial charge in [0.2, 0.25) is 0 Å². The van der Waals surface area contributed by atoms with E-state index in [9.17, 15) is 18.9 Å². The summed E-state index contributed by atoms with van der Waals surface area (Å²) in [6.45, 7) is 1.62. The largest absolute Gasteiger partial charge is 0.273 e. The van der Waals surface area contributed by atoms with E-state index in [1.54, 1.807) is 13.0 Å². The van der Waals surface area contributed by atoms with E-state index in [1.807, 2.05) is 0 Å². The molecule has 15 heavy (non-hydrogen) atoms. The number of alkyl halides is 2. The number of aryl methyl sites for hydroxylation is 1. The van der Waals surface area contributed by atoms with Crippen LogP contribution >= 0.6 is 0 Å². The number of hydrogen-bond acceptors (Lipinski definition) is 2. The van der Waals surface area contributed by atoms with Crippen LogP contribution in [-0.2, 0) is 0 Å². The Kier molecular flexibility index (Phi) is 1.99. The van der Waals surface area contributed by atoms with Crippen molar-refractivity contribution in [1.82, 2.24) is 0 Å². The van der Waals surface area contributed by atoms with Crippen molar-refractivity contribution < 1.29 is 13.7 Å². The zero-order valence-corrected chi connectivity index (χ0v) is 8.04. The minimum absolute atomic E-state index is 0.188. The summed E-state index contributed by atoms with van der Waals surface area (Å²) in [7, 11) is 0. The normalized spacial score (nSPS) is 22.5. The molecule has 2 rings (SSSR count). The average molecular weight is 213 g/mol. The van der Waals surface area contributed by atoms with Crippen molar-refractivity contribution in [1.29, 1.82) is 0 Å². The molecule has 0 aromatic heterocycles. The predicted molar refractivity (Wildman–Crippen MR) is 50.1 cm³/mol. The van der Waals surface area contributed by atoms with Crippen LogP contribution in [0.1, 0.15) is 23.5 Å². The van der Waals surface area contributed by atoms with Crippen molar-refractivity contribution in [3.63, 3.8) is 0 Å². The van der Waals surface area contributed by atoms with Crippen LogP contribution in [0.5, 0.6) is 0 Å². The van der Waals surface area contributed by atoms with Gasteiger partial charge in [-0.05, 0) is 12.5 Å². The van der Waals surface area contributed by atoms with E-state index in [4.69, 9.17) is 0 Å². The van der Waals surface area contributed by atoms with Crippen LogP contribution in [0.3, 0.4) is 0 Å². The van der Waals surface area contributed by atoms with Crippen LogP contribution in [0.15, 0.2) is 18.2 Å². The molecule has 0 heterocycles. The number of halogens is 2. The Balaban J connectivity index is 2.50. The molecule has 0 spiro atoms. The first kappa shape index (κ1) is 10.0. The minimum Gasteiger partial charge on any atom is -0.258 e. The zero-order valence-electron chi connectivity index (χ0n) is 8.04. The van der Waals surface area contributed by atoms with Gasteiger partial charge in [0.05, 0.1) is 10.8 Å². The summed E-state index contributed by atoms with van der Waals surface area (Å²) in [5.74, 6) is -3.74. The highest BCUT2D eigenvalue weighted by Crippen LogP contribution is 2.58. The Morgan fingerprint density at radius 3 is 2.60 bits per heavy atom. The molecular weight excluding hydrogens is 204 g/mol. The molecule has 0 amide bonds. The van der Waals surface area contributed by atoms with Crippen molar-refractivity contribution in [2.24, 2.45) is 0 Å². The Bertz CT molecular complexity index is 431. The number of nitro benzene ring substituents is 1. The smallest absolute Gasteiger partial charge is 0.258 e. The van der Waals surface area contributed by atoms with E-state index in [-0.39, 0.29) is 17.7 Å². The SMILES string of the molecule is Cc1cccc([N+](=O)[O-])c1C1CC1(F)F. The Morgan fingerprint density at radius 1 is 1.53 bits per heavy atom. The maximum absolute atomic E-state index is 12.9. The van der Waals surface area contributed by atoms with E-state index in [1.165, 1.54) is 12.1 Å². The molecule has 0 N–H and O–H groups in total. The minimum atomic E-state index is -2.77. The maximum Gasteiger partial charge on any atom is 0.273 e. The number of nitrogens with zero attached hydrogens (tertiary/aromatic N) is 1. The van der Waals surface area contributed by atoms with Gasteiger partial charge in [0.1, 0.15) is 0 Å². The van der Waals surface area contributed by atoms with Gasteiger partial charge >= 0.3 is 0 Å². The molecule has 5 heteroatoms. The summed E-state index contributed by atoms with van der Waals surface area (Å²) in [6.07, 6.45) is -0.279. The van der Waals surface area contributed by atoms with Crippen LogP contribution in [-0.4, -0.2) is 10.8 Å². The topological polar surface area (TPSA) is 43.1 Å². The van der Waals surface area contributed by atoms with Crippen LogP contribution in [0.2, 0.25) is 0 Å². The van der Waals surface area contributed by atoms with E-state index in [0.717, 1.165) is 0 Å². The third-order valence-electron chi connectivity index (χ3n) is 2.67. The van der Waals surface area contributed by atoms with Gasteiger partial charge in [-0.2, -0.15) is 0 Å². The number of rotatable bonds is 2. The quantitative estimate of drug-likeness (QED) is 0.559. The third kappa shape index (κ3) is 1.58. The lowest BCUT2D eigenvalue weighted by Crippen LogP contribution is -2.00. The fourth-order valence-corrected chi connectivity index (χ4v) is 1.80. The van der Waals surface area contributed by atoms with Gasteiger partial charge in [-0.3, -0.25) is 10.1 Å². The lowest BCUT2D eigenvalue weighted by Gasteiger charge is -2.05. The number of benzene rings is 1. The summed E-state index contributed by atoms with van der Waals surface area (Å²) >= 11 is 0. The van der Waals surface area contributed by atoms with Gasteiger partial charge in [-0.25, -0.2) is 8.78 Å². The van der Waals surface area contributed by atoms with E-state index < -0.39 is 16.8 Å². The van der Waals surface area contributed by atoms with Crippen molar-refractivity contribution in [2.75, 3.05) is 0 Å². The molecule has 80 valence electrons. The van der Waals surface area contributed by atoms with Crippen LogP contribution in [0, 0.1) is 17.0 Å². The van der Waals surface area contributed by atoms with E-state index >= 15 is 0 Å². The highest BCUT2D eigenvalue weighted by molar-refractivity contribution is 5.51. The van der Waals surface area contributed by atoms with Gasteiger partial charge in [0, 0.05) is 18.1 Å². The molecule has 1 atom stereocenters. The first-order valence-corrected chi connectivity index (χ1v) is 4.55. The molecule has 0 bridgehead atoms. The third-order valence-corrected chi connectivity index (χ3v) is 2.67. The maximum atomic E-state index is 12.9.